The number of hydrogen-bond donors (Lipinski definition) is 0. The maximum absolute atomic E-state index is 9.09. The van der Waals surface area contributed by atoms with Crippen molar-refractivity contribution < 1.29 is 0 Å². The van der Waals surface area contributed by atoms with Crippen molar-refractivity contribution in [2.45, 2.75) is 47.6 Å². The zero-order chi connectivity index (χ0) is 14.9. The van der Waals surface area contributed by atoms with Crippen molar-refractivity contribution >= 4 is 11.0 Å². The maximum Gasteiger partial charge on any atom is 0.110 e. The Morgan fingerprint density at radius 1 is 1.20 bits per heavy atom. The van der Waals surface area contributed by atoms with Crippen LogP contribution in [0.3, 0.4) is 0 Å². The lowest BCUT2D eigenvalue weighted by molar-refractivity contribution is 0.536. The summed E-state index contributed by atoms with van der Waals surface area (Å²) < 4.78 is 2.23. The molecule has 3 nitrogen and oxygen atoms in total. The van der Waals surface area contributed by atoms with Gasteiger partial charge in [-0.1, -0.05) is 13.8 Å². The molecule has 0 radical (unpaired) electrons. The third-order valence-electron chi connectivity index (χ3n) is 3.71. The number of fused-ring (bicyclic) bond motifs is 1. The summed E-state index contributed by atoms with van der Waals surface area (Å²) >= 11 is 0. The zero-order valence-corrected chi connectivity index (χ0v) is 13.1. The molecule has 0 aliphatic rings. The standard InChI is InChI=1S/C17H23N3/c1-11(2)6-17-19-15-7-13(4)14(5)8-16(15)20(17)10-12(3)9-18/h7-8,11-12H,6,10H2,1-5H3. The van der Waals surface area contributed by atoms with Crippen LogP contribution in [0.4, 0.5) is 0 Å². The van der Waals surface area contributed by atoms with E-state index < -0.39 is 0 Å². The molecule has 20 heavy (non-hydrogen) atoms. The number of rotatable bonds is 4. The van der Waals surface area contributed by atoms with Gasteiger partial charge in [0.1, 0.15) is 5.82 Å². The molecule has 0 fully saturated rings. The van der Waals surface area contributed by atoms with Crippen molar-refractivity contribution in [3.63, 3.8) is 0 Å². The number of hydrogen-bond acceptors (Lipinski definition) is 2. The summed E-state index contributed by atoms with van der Waals surface area (Å²) in [5, 5.41) is 9.09. The molecule has 0 N–H and O–H groups in total. The number of nitrogens with zero attached hydrogens (tertiary/aromatic N) is 3. The van der Waals surface area contributed by atoms with E-state index in [1.54, 1.807) is 0 Å². The Balaban J connectivity index is 2.58. The Morgan fingerprint density at radius 3 is 2.45 bits per heavy atom. The highest BCUT2D eigenvalue weighted by Crippen LogP contribution is 2.23. The Labute approximate surface area is 121 Å². The van der Waals surface area contributed by atoms with Gasteiger partial charge < -0.3 is 4.57 Å². The molecule has 1 aromatic carbocycles. The number of imidazole rings is 1. The fourth-order valence-electron chi connectivity index (χ4n) is 2.47. The van der Waals surface area contributed by atoms with Gasteiger partial charge in [-0.3, -0.25) is 0 Å². The molecule has 0 amide bonds. The Kier molecular flexibility index (Phi) is 4.13. The predicted molar refractivity (Wildman–Crippen MR) is 82.5 cm³/mol. The summed E-state index contributed by atoms with van der Waals surface area (Å²) in [7, 11) is 0. The van der Waals surface area contributed by atoms with Gasteiger partial charge in [0.2, 0.25) is 0 Å². The first kappa shape index (κ1) is 14.6. The minimum atomic E-state index is -0.0000728. The highest BCUT2D eigenvalue weighted by molar-refractivity contribution is 5.78. The van der Waals surface area contributed by atoms with Gasteiger partial charge in [0, 0.05) is 13.0 Å². The lowest BCUT2D eigenvalue weighted by atomic mass is 10.1. The predicted octanol–water partition coefficient (Wildman–Crippen LogP) is 4.01. The third-order valence-corrected chi connectivity index (χ3v) is 3.71. The summed E-state index contributed by atoms with van der Waals surface area (Å²) in [6.07, 6.45) is 0.949. The first-order valence-corrected chi connectivity index (χ1v) is 7.28. The molecule has 0 saturated heterocycles. The van der Waals surface area contributed by atoms with Crippen molar-refractivity contribution in [3.05, 3.63) is 29.1 Å². The summed E-state index contributed by atoms with van der Waals surface area (Å²) in [6.45, 7) is 11.3. The van der Waals surface area contributed by atoms with Crippen molar-refractivity contribution in [2.24, 2.45) is 11.8 Å². The van der Waals surface area contributed by atoms with Gasteiger partial charge in [0.25, 0.3) is 0 Å². The molecular formula is C17H23N3. The van der Waals surface area contributed by atoms with Crippen LogP contribution >= 0.6 is 0 Å². The van der Waals surface area contributed by atoms with Crippen LogP contribution in [0, 0.1) is 37.0 Å². The average molecular weight is 269 g/mol. The second-order valence-electron chi connectivity index (χ2n) is 6.19. The fourth-order valence-corrected chi connectivity index (χ4v) is 2.47. The summed E-state index contributed by atoms with van der Waals surface area (Å²) in [4.78, 5) is 4.80. The van der Waals surface area contributed by atoms with Crippen LogP contribution in [0.5, 0.6) is 0 Å². The minimum Gasteiger partial charge on any atom is -0.327 e. The Morgan fingerprint density at radius 2 is 1.85 bits per heavy atom. The average Bonchev–Trinajstić information content (AvgIpc) is 2.67. The number of aromatic nitrogens is 2. The van der Waals surface area contributed by atoms with Gasteiger partial charge in [-0.25, -0.2) is 4.98 Å². The van der Waals surface area contributed by atoms with Gasteiger partial charge in [0.05, 0.1) is 23.0 Å². The molecule has 1 heterocycles. The van der Waals surface area contributed by atoms with Crippen LogP contribution in [-0.2, 0) is 13.0 Å². The van der Waals surface area contributed by atoms with Crippen molar-refractivity contribution in [2.75, 3.05) is 0 Å². The second kappa shape index (κ2) is 5.66. The molecule has 3 heteroatoms. The smallest absolute Gasteiger partial charge is 0.110 e. The third kappa shape index (κ3) is 2.85. The highest BCUT2D eigenvalue weighted by Gasteiger charge is 2.15. The monoisotopic (exact) mass is 269 g/mol. The van der Waals surface area contributed by atoms with Gasteiger partial charge in [-0.05, 0) is 49.9 Å². The summed E-state index contributed by atoms with van der Waals surface area (Å²) in [6, 6.07) is 6.68. The molecule has 0 spiro atoms. The fraction of sp³-hybridized carbons (Fsp3) is 0.529. The first-order valence-electron chi connectivity index (χ1n) is 7.28. The Bertz CT molecular complexity index is 659. The number of aryl methyl sites for hydroxylation is 2. The molecular weight excluding hydrogens is 246 g/mol. The van der Waals surface area contributed by atoms with Gasteiger partial charge in [0.15, 0.2) is 0 Å². The first-order chi connectivity index (χ1) is 9.42. The molecule has 0 saturated carbocycles. The van der Waals surface area contributed by atoms with Crippen molar-refractivity contribution in [3.8, 4) is 6.07 Å². The largest absolute Gasteiger partial charge is 0.327 e. The van der Waals surface area contributed by atoms with Crippen LogP contribution < -0.4 is 0 Å². The van der Waals surface area contributed by atoms with Crippen LogP contribution in [0.25, 0.3) is 11.0 Å². The van der Waals surface area contributed by atoms with E-state index in [9.17, 15) is 0 Å². The van der Waals surface area contributed by atoms with Crippen LogP contribution in [0.15, 0.2) is 12.1 Å². The molecule has 2 rings (SSSR count). The normalized spacial score (nSPS) is 12.8. The number of benzene rings is 1. The second-order valence-corrected chi connectivity index (χ2v) is 6.19. The zero-order valence-electron chi connectivity index (χ0n) is 13.1. The molecule has 1 aromatic heterocycles. The molecule has 0 aliphatic carbocycles. The van der Waals surface area contributed by atoms with Crippen molar-refractivity contribution in [1.82, 2.24) is 9.55 Å². The topological polar surface area (TPSA) is 41.6 Å². The van der Waals surface area contributed by atoms with E-state index in [-0.39, 0.29) is 5.92 Å². The van der Waals surface area contributed by atoms with Crippen LogP contribution in [0.1, 0.15) is 37.7 Å². The van der Waals surface area contributed by atoms with Gasteiger partial charge in [-0.15, -0.1) is 0 Å². The van der Waals surface area contributed by atoms with Crippen LogP contribution in [-0.4, -0.2) is 9.55 Å². The molecule has 0 bridgehead atoms. The van der Waals surface area contributed by atoms with E-state index in [4.69, 9.17) is 10.2 Å². The van der Waals surface area contributed by atoms with Crippen molar-refractivity contribution in [1.29, 1.82) is 5.26 Å². The summed E-state index contributed by atoms with van der Waals surface area (Å²) in [5.74, 6) is 1.66. The van der Waals surface area contributed by atoms with E-state index in [2.05, 4.69) is 50.5 Å². The molecule has 1 atom stereocenters. The van der Waals surface area contributed by atoms with E-state index >= 15 is 0 Å². The van der Waals surface area contributed by atoms with Gasteiger partial charge in [-0.2, -0.15) is 5.26 Å². The molecule has 0 aliphatic heterocycles. The maximum atomic E-state index is 9.09. The highest BCUT2D eigenvalue weighted by atomic mass is 15.1. The molecule has 106 valence electrons. The van der Waals surface area contributed by atoms with Crippen LogP contribution in [0.2, 0.25) is 0 Å². The van der Waals surface area contributed by atoms with E-state index in [0.29, 0.717) is 5.92 Å². The molecule has 1 unspecified atom stereocenters. The summed E-state index contributed by atoms with van der Waals surface area (Å²) in [5.41, 5.74) is 4.76. The minimum absolute atomic E-state index is 0.0000728. The SMILES string of the molecule is Cc1cc2nc(CC(C)C)n(CC(C)C#N)c2cc1C. The van der Waals surface area contributed by atoms with Gasteiger partial charge >= 0.3 is 0 Å². The van der Waals surface area contributed by atoms with E-state index in [1.165, 1.54) is 11.1 Å². The Hall–Kier alpha value is -1.82. The quantitative estimate of drug-likeness (QED) is 0.841. The number of nitriles is 1. The van der Waals surface area contributed by atoms with E-state index in [0.717, 1.165) is 29.8 Å². The lowest BCUT2D eigenvalue weighted by Gasteiger charge is -2.12. The molecule has 2 aromatic rings. The van der Waals surface area contributed by atoms with E-state index in [1.807, 2.05) is 6.92 Å². The lowest BCUT2D eigenvalue weighted by Crippen LogP contribution is -2.11.